The summed E-state index contributed by atoms with van der Waals surface area (Å²) in [6.45, 7) is 1.89. The lowest BCUT2D eigenvalue weighted by molar-refractivity contribution is 0.177. The molecule has 0 saturated heterocycles. The Labute approximate surface area is 123 Å². The molecule has 0 radical (unpaired) electrons. The molecule has 0 spiro atoms. The number of aliphatic hydroxyl groups is 1. The molecule has 0 aliphatic carbocycles. The van der Waals surface area contributed by atoms with Gasteiger partial charge in [-0.05, 0) is 46.5 Å². The normalized spacial score (nSPS) is 12.5. The molecule has 21 heavy (non-hydrogen) atoms. The Hall–Kier alpha value is -2.19. The van der Waals surface area contributed by atoms with E-state index >= 15 is 0 Å². The standard InChI is InChI=1S/C19H17FO/c1-13-9-10-16(20)12-18(13)19(21)11-15-7-4-6-14-5-2-3-8-17(14)15/h2-10,12,19,21H,11H2,1H3. The lowest BCUT2D eigenvalue weighted by Gasteiger charge is -2.15. The van der Waals surface area contributed by atoms with Crippen LogP contribution >= 0.6 is 0 Å². The van der Waals surface area contributed by atoms with Gasteiger partial charge in [0.25, 0.3) is 0 Å². The monoisotopic (exact) mass is 280 g/mol. The summed E-state index contributed by atoms with van der Waals surface area (Å²) in [6, 6.07) is 18.7. The Bertz CT molecular complexity index is 774. The van der Waals surface area contributed by atoms with Gasteiger partial charge in [-0.3, -0.25) is 0 Å². The van der Waals surface area contributed by atoms with E-state index in [0.29, 0.717) is 12.0 Å². The number of hydrogen-bond donors (Lipinski definition) is 1. The molecular formula is C19H17FO. The van der Waals surface area contributed by atoms with Gasteiger partial charge >= 0.3 is 0 Å². The zero-order chi connectivity index (χ0) is 14.8. The molecule has 3 rings (SSSR count). The zero-order valence-corrected chi connectivity index (χ0v) is 11.9. The van der Waals surface area contributed by atoms with Gasteiger partial charge in [0.15, 0.2) is 0 Å². The summed E-state index contributed by atoms with van der Waals surface area (Å²) in [5, 5.41) is 12.8. The van der Waals surface area contributed by atoms with E-state index in [-0.39, 0.29) is 5.82 Å². The molecule has 0 aliphatic heterocycles. The number of benzene rings is 3. The molecule has 1 unspecified atom stereocenters. The maximum atomic E-state index is 13.4. The number of rotatable bonds is 3. The van der Waals surface area contributed by atoms with Crippen molar-refractivity contribution in [3.05, 3.63) is 83.2 Å². The molecule has 3 aromatic rings. The lowest BCUT2D eigenvalue weighted by Crippen LogP contribution is -2.05. The fourth-order valence-electron chi connectivity index (χ4n) is 2.76. The summed E-state index contributed by atoms with van der Waals surface area (Å²) in [4.78, 5) is 0. The minimum absolute atomic E-state index is 0.312. The molecule has 3 aromatic carbocycles. The van der Waals surface area contributed by atoms with E-state index in [2.05, 4.69) is 18.2 Å². The van der Waals surface area contributed by atoms with Crippen molar-refractivity contribution in [3.63, 3.8) is 0 Å². The molecule has 106 valence electrons. The molecule has 0 fully saturated rings. The predicted octanol–water partition coefficient (Wildman–Crippen LogP) is 4.56. The number of hydrogen-bond acceptors (Lipinski definition) is 1. The first-order valence-electron chi connectivity index (χ1n) is 7.06. The Kier molecular flexibility index (Phi) is 3.72. The molecule has 0 bridgehead atoms. The van der Waals surface area contributed by atoms with Crippen molar-refractivity contribution in [2.24, 2.45) is 0 Å². The fourth-order valence-corrected chi connectivity index (χ4v) is 2.76. The molecule has 1 atom stereocenters. The van der Waals surface area contributed by atoms with E-state index in [0.717, 1.165) is 21.9 Å². The molecule has 0 amide bonds. The molecule has 0 saturated carbocycles. The van der Waals surface area contributed by atoms with Crippen molar-refractivity contribution in [2.45, 2.75) is 19.4 Å². The van der Waals surface area contributed by atoms with Crippen LogP contribution < -0.4 is 0 Å². The fraction of sp³-hybridized carbons (Fsp3) is 0.158. The lowest BCUT2D eigenvalue weighted by atomic mass is 9.94. The van der Waals surface area contributed by atoms with E-state index in [9.17, 15) is 9.50 Å². The van der Waals surface area contributed by atoms with Crippen LogP contribution in [-0.4, -0.2) is 5.11 Å². The Morgan fingerprint density at radius 1 is 1.00 bits per heavy atom. The Morgan fingerprint density at radius 3 is 2.62 bits per heavy atom. The van der Waals surface area contributed by atoms with E-state index in [4.69, 9.17) is 0 Å². The third-order valence-corrected chi connectivity index (χ3v) is 3.89. The van der Waals surface area contributed by atoms with Gasteiger partial charge in [0.05, 0.1) is 6.10 Å². The number of aliphatic hydroxyl groups excluding tert-OH is 1. The third kappa shape index (κ3) is 2.81. The van der Waals surface area contributed by atoms with Crippen molar-refractivity contribution >= 4 is 10.8 Å². The van der Waals surface area contributed by atoms with Crippen LogP contribution in [0.2, 0.25) is 0 Å². The summed E-state index contributed by atoms with van der Waals surface area (Å²) >= 11 is 0. The molecule has 1 N–H and O–H groups in total. The van der Waals surface area contributed by atoms with Crippen LogP contribution in [0.5, 0.6) is 0 Å². The van der Waals surface area contributed by atoms with Crippen molar-refractivity contribution < 1.29 is 9.50 Å². The topological polar surface area (TPSA) is 20.2 Å². The summed E-state index contributed by atoms with van der Waals surface area (Å²) in [6.07, 6.45) is -0.224. The van der Waals surface area contributed by atoms with Crippen molar-refractivity contribution in [1.29, 1.82) is 0 Å². The Morgan fingerprint density at radius 2 is 1.76 bits per heavy atom. The minimum Gasteiger partial charge on any atom is -0.388 e. The molecule has 0 aliphatic rings. The Balaban J connectivity index is 1.96. The van der Waals surface area contributed by atoms with Gasteiger partial charge in [-0.25, -0.2) is 4.39 Å². The van der Waals surface area contributed by atoms with Crippen LogP contribution in [0.25, 0.3) is 10.8 Å². The van der Waals surface area contributed by atoms with Gasteiger partial charge in [-0.15, -0.1) is 0 Å². The smallest absolute Gasteiger partial charge is 0.123 e. The van der Waals surface area contributed by atoms with E-state index < -0.39 is 6.10 Å². The second kappa shape index (κ2) is 5.66. The quantitative estimate of drug-likeness (QED) is 0.745. The van der Waals surface area contributed by atoms with Gasteiger partial charge in [0, 0.05) is 6.42 Å². The maximum absolute atomic E-state index is 13.4. The van der Waals surface area contributed by atoms with Gasteiger partial charge in [-0.2, -0.15) is 0 Å². The van der Waals surface area contributed by atoms with Gasteiger partial charge in [0.2, 0.25) is 0 Å². The average molecular weight is 280 g/mol. The highest BCUT2D eigenvalue weighted by Crippen LogP contribution is 2.26. The first-order chi connectivity index (χ1) is 10.1. The van der Waals surface area contributed by atoms with E-state index in [1.54, 1.807) is 6.07 Å². The molecular weight excluding hydrogens is 263 g/mol. The highest BCUT2D eigenvalue weighted by atomic mass is 19.1. The molecule has 2 heteroatoms. The molecule has 0 aromatic heterocycles. The average Bonchev–Trinajstić information content (AvgIpc) is 2.50. The predicted molar refractivity (Wildman–Crippen MR) is 83.7 cm³/mol. The minimum atomic E-state index is -0.702. The van der Waals surface area contributed by atoms with Crippen molar-refractivity contribution in [3.8, 4) is 0 Å². The van der Waals surface area contributed by atoms with Gasteiger partial charge in [-0.1, -0.05) is 48.5 Å². The van der Waals surface area contributed by atoms with Crippen LogP contribution in [0.1, 0.15) is 22.8 Å². The first-order valence-corrected chi connectivity index (χ1v) is 7.06. The van der Waals surface area contributed by atoms with E-state index in [1.807, 2.05) is 31.2 Å². The highest BCUT2D eigenvalue weighted by Gasteiger charge is 2.13. The van der Waals surface area contributed by atoms with Gasteiger partial charge in [0.1, 0.15) is 5.82 Å². The van der Waals surface area contributed by atoms with Crippen LogP contribution in [0.3, 0.4) is 0 Å². The van der Waals surface area contributed by atoms with E-state index in [1.165, 1.54) is 12.1 Å². The van der Waals surface area contributed by atoms with Crippen LogP contribution in [0.15, 0.2) is 60.7 Å². The number of halogens is 1. The third-order valence-electron chi connectivity index (χ3n) is 3.89. The largest absolute Gasteiger partial charge is 0.388 e. The summed E-state index contributed by atoms with van der Waals surface area (Å²) in [5.41, 5.74) is 2.64. The van der Waals surface area contributed by atoms with Gasteiger partial charge < -0.3 is 5.11 Å². The highest BCUT2D eigenvalue weighted by molar-refractivity contribution is 5.85. The summed E-state index contributed by atoms with van der Waals surface area (Å²) < 4.78 is 13.4. The summed E-state index contributed by atoms with van der Waals surface area (Å²) in [7, 11) is 0. The second-order valence-electron chi connectivity index (χ2n) is 5.36. The van der Waals surface area contributed by atoms with Crippen molar-refractivity contribution in [1.82, 2.24) is 0 Å². The zero-order valence-electron chi connectivity index (χ0n) is 11.9. The van der Waals surface area contributed by atoms with Crippen molar-refractivity contribution in [2.75, 3.05) is 0 Å². The molecule has 1 nitrogen and oxygen atoms in total. The number of fused-ring (bicyclic) bond motifs is 1. The SMILES string of the molecule is Cc1ccc(F)cc1C(O)Cc1cccc2ccccc12. The van der Waals surface area contributed by atoms with Crippen LogP contribution in [-0.2, 0) is 6.42 Å². The first kappa shape index (κ1) is 13.8. The maximum Gasteiger partial charge on any atom is 0.123 e. The van der Waals surface area contributed by atoms with Crippen LogP contribution in [0.4, 0.5) is 4.39 Å². The van der Waals surface area contributed by atoms with Crippen LogP contribution in [0, 0.1) is 12.7 Å². The number of aryl methyl sites for hydroxylation is 1. The second-order valence-corrected chi connectivity index (χ2v) is 5.36. The summed E-state index contributed by atoms with van der Waals surface area (Å²) in [5.74, 6) is -0.312. The molecule has 0 heterocycles.